The number of likely N-dealkylation sites (N-methyl/N-ethyl adjacent to an activating group) is 1. The van der Waals surface area contributed by atoms with E-state index in [1.54, 1.807) is 18.2 Å². The summed E-state index contributed by atoms with van der Waals surface area (Å²) in [4.78, 5) is 12.2. The first-order chi connectivity index (χ1) is 10.2. The van der Waals surface area contributed by atoms with Gasteiger partial charge < -0.3 is 20.1 Å². The molecule has 0 radical (unpaired) electrons. The van der Waals surface area contributed by atoms with E-state index >= 15 is 0 Å². The zero-order chi connectivity index (χ0) is 15.1. The Morgan fingerprint density at radius 3 is 2.76 bits per heavy atom. The summed E-state index contributed by atoms with van der Waals surface area (Å²) < 4.78 is 23.1. The summed E-state index contributed by atoms with van der Waals surface area (Å²) in [6.45, 7) is 2.32. The van der Waals surface area contributed by atoms with Gasteiger partial charge in [0, 0.05) is 36.2 Å². The Kier molecular flexibility index (Phi) is 6.01. The van der Waals surface area contributed by atoms with E-state index in [-0.39, 0.29) is 12.3 Å². The van der Waals surface area contributed by atoms with Gasteiger partial charge in [-0.05, 0) is 19.2 Å². The lowest BCUT2D eigenvalue weighted by Gasteiger charge is -2.18. The van der Waals surface area contributed by atoms with Crippen molar-refractivity contribution in [2.45, 2.75) is 11.3 Å². The molecule has 1 heterocycles. The fourth-order valence-corrected chi connectivity index (χ4v) is 2.95. The predicted molar refractivity (Wildman–Crippen MR) is 80.3 cm³/mol. The molecule has 2 N–H and O–H groups in total. The highest BCUT2D eigenvalue weighted by atomic mass is 32.2. The molecule has 1 aromatic carbocycles. The molecule has 6 nitrogen and oxygen atoms in total. The molecule has 1 aliphatic rings. The smallest absolute Gasteiger partial charge is 0.220 e. The summed E-state index contributed by atoms with van der Waals surface area (Å²) in [5.41, 5.74) is 0. The van der Waals surface area contributed by atoms with E-state index in [0.717, 1.165) is 6.54 Å². The van der Waals surface area contributed by atoms with Crippen molar-refractivity contribution >= 4 is 16.7 Å². The number of carbonyl (C=O) groups is 1. The molecular weight excluding hydrogens is 292 g/mol. The van der Waals surface area contributed by atoms with Gasteiger partial charge in [-0.2, -0.15) is 0 Å². The lowest BCUT2D eigenvalue weighted by molar-refractivity contribution is -0.120. The molecule has 21 heavy (non-hydrogen) atoms. The van der Waals surface area contributed by atoms with Gasteiger partial charge in [-0.3, -0.25) is 9.00 Å². The van der Waals surface area contributed by atoms with Crippen LogP contribution in [-0.4, -0.2) is 49.2 Å². The third-order valence-electron chi connectivity index (χ3n) is 2.99. The molecular formula is C14H20N2O4S. The van der Waals surface area contributed by atoms with Crippen molar-refractivity contribution in [2.24, 2.45) is 0 Å². The van der Waals surface area contributed by atoms with Gasteiger partial charge in [0.25, 0.3) is 0 Å². The van der Waals surface area contributed by atoms with E-state index in [2.05, 4.69) is 10.6 Å². The Morgan fingerprint density at radius 2 is 2.00 bits per heavy atom. The van der Waals surface area contributed by atoms with Crippen LogP contribution in [0.15, 0.2) is 23.1 Å². The monoisotopic (exact) mass is 312 g/mol. The Hall–Kier alpha value is -1.60. The van der Waals surface area contributed by atoms with Crippen LogP contribution in [0.3, 0.4) is 0 Å². The van der Waals surface area contributed by atoms with Crippen LogP contribution >= 0.6 is 0 Å². The Morgan fingerprint density at radius 1 is 1.24 bits per heavy atom. The molecule has 1 unspecified atom stereocenters. The van der Waals surface area contributed by atoms with Crippen molar-refractivity contribution in [1.29, 1.82) is 0 Å². The van der Waals surface area contributed by atoms with E-state index in [0.29, 0.717) is 41.9 Å². The number of nitrogens with one attached hydrogen (secondary N) is 2. The largest absolute Gasteiger partial charge is 0.486 e. The van der Waals surface area contributed by atoms with Gasteiger partial charge in [-0.1, -0.05) is 0 Å². The molecule has 0 saturated carbocycles. The van der Waals surface area contributed by atoms with Gasteiger partial charge in [-0.25, -0.2) is 0 Å². The van der Waals surface area contributed by atoms with Crippen LogP contribution < -0.4 is 20.1 Å². The highest BCUT2D eigenvalue weighted by molar-refractivity contribution is 7.85. The van der Waals surface area contributed by atoms with E-state index in [4.69, 9.17) is 9.47 Å². The maximum Gasteiger partial charge on any atom is 0.220 e. The quantitative estimate of drug-likeness (QED) is 0.708. The molecule has 1 aliphatic heterocycles. The minimum atomic E-state index is -1.22. The molecule has 0 saturated heterocycles. The molecule has 0 aliphatic carbocycles. The van der Waals surface area contributed by atoms with Crippen LogP contribution in [0.2, 0.25) is 0 Å². The summed E-state index contributed by atoms with van der Waals surface area (Å²) in [6, 6.07) is 5.24. The van der Waals surface area contributed by atoms with Crippen molar-refractivity contribution in [2.75, 3.05) is 39.1 Å². The van der Waals surface area contributed by atoms with Gasteiger partial charge in [-0.15, -0.1) is 0 Å². The topological polar surface area (TPSA) is 76.7 Å². The average molecular weight is 312 g/mol. The van der Waals surface area contributed by atoms with E-state index < -0.39 is 10.8 Å². The Bertz CT molecular complexity index is 522. The van der Waals surface area contributed by atoms with Crippen molar-refractivity contribution in [1.82, 2.24) is 10.6 Å². The molecule has 1 amide bonds. The summed E-state index contributed by atoms with van der Waals surface area (Å²) in [6.07, 6.45) is 0.241. The molecule has 0 aromatic heterocycles. The van der Waals surface area contributed by atoms with Crippen LogP contribution in [0.4, 0.5) is 0 Å². The average Bonchev–Trinajstić information content (AvgIpc) is 2.52. The lowest BCUT2D eigenvalue weighted by atomic mass is 10.3. The van der Waals surface area contributed by atoms with Gasteiger partial charge in [0.1, 0.15) is 13.2 Å². The number of ether oxygens (including phenoxy) is 2. The van der Waals surface area contributed by atoms with Crippen molar-refractivity contribution < 1.29 is 18.5 Å². The van der Waals surface area contributed by atoms with Crippen LogP contribution in [0, 0.1) is 0 Å². The summed E-state index contributed by atoms with van der Waals surface area (Å²) in [5, 5.41) is 5.70. The number of fused-ring (bicyclic) bond motifs is 1. The third kappa shape index (κ3) is 4.71. The zero-order valence-electron chi connectivity index (χ0n) is 12.0. The first kappa shape index (κ1) is 15.8. The number of hydrogen-bond acceptors (Lipinski definition) is 5. The molecule has 0 fully saturated rings. The minimum absolute atomic E-state index is 0.0869. The van der Waals surface area contributed by atoms with Crippen molar-refractivity contribution in [3.63, 3.8) is 0 Å². The SMILES string of the molecule is CNCCNC(=O)CCS(=O)c1ccc2c(c1)OCCO2. The number of amides is 1. The van der Waals surface area contributed by atoms with Crippen molar-refractivity contribution in [3.05, 3.63) is 18.2 Å². The molecule has 0 bridgehead atoms. The number of rotatable bonds is 7. The molecule has 2 rings (SSSR count). The van der Waals surface area contributed by atoms with Crippen LogP contribution in [-0.2, 0) is 15.6 Å². The standard InChI is InChI=1S/C14H20N2O4S/c1-15-5-6-16-14(17)4-9-21(18)11-2-3-12-13(10-11)20-8-7-19-12/h2-3,10,15H,4-9H2,1H3,(H,16,17). The van der Waals surface area contributed by atoms with Gasteiger partial charge in [0.05, 0.1) is 10.8 Å². The van der Waals surface area contributed by atoms with Crippen LogP contribution in [0.25, 0.3) is 0 Å². The first-order valence-corrected chi connectivity index (χ1v) is 8.22. The molecule has 1 atom stereocenters. The van der Waals surface area contributed by atoms with Crippen molar-refractivity contribution in [3.8, 4) is 11.5 Å². The van der Waals surface area contributed by atoms with E-state index in [1.807, 2.05) is 7.05 Å². The maximum atomic E-state index is 12.2. The van der Waals surface area contributed by atoms with Crippen LogP contribution in [0.1, 0.15) is 6.42 Å². The summed E-state index contributed by atoms with van der Waals surface area (Å²) in [7, 11) is 0.601. The third-order valence-corrected chi connectivity index (χ3v) is 4.34. The highest BCUT2D eigenvalue weighted by Crippen LogP contribution is 2.31. The van der Waals surface area contributed by atoms with Gasteiger partial charge >= 0.3 is 0 Å². The number of carbonyl (C=O) groups excluding carboxylic acids is 1. The summed E-state index contributed by atoms with van der Waals surface area (Å²) in [5.74, 6) is 1.50. The van der Waals surface area contributed by atoms with E-state index in [1.165, 1.54) is 0 Å². The molecule has 116 valence electrons. The van der Waals surface area contributed by atoms with E-state index in [9.17, 15) is 9.00 Å². The second kappa shape index (κ2) is 7.99. The van der Waals surface area contributed by atoms with Gasteiger partial charge in [0.2, 0.25) is 5.91 Å². The van der Waals surface area contributed by atoms with Crippen LogP contribution in [0.5, 0.6) is 11.5 Å². The Labute approximate surface area is 126 Å². The highest BCUT2D eigenvalue weighted by Gasteiger charge is 2.14. The number of benzene rings is 1. The predicted octanol–water partition coefficient (Wildman–Crippen LogP) is 0.291. The first-order valence-electron chi connectivity index (χ1n) is 6.90. The second-order valence-corrected chi connectivity index (χ2v) is 6.13. The number of hydrogen-bond donors (Lipinski definition) is 2. The maximum absolute atomic E-state index is 12.2. The normalized spacial score (nSPS) is 14.5. The molecule has 7 heteroatoms. The lowest BCUT2D eigenvalue weighted by Crippen LogP contribution is -2.31. The zero-order valence-corrected chi connectivity index (χ0v) is 12.8. The second-order valence-electron chi connectivity index (χ2n) is 4.56. The fourth-order valence-electron chi connectivity index (χ4n) is 1.88. The summed E-state index contributed by atoms with van der Waals surface area (Å²) >= 11 is 0. The fraction of sp³-hybridized carbons (Fsp3) is 0.500. The Balaban J connectivity index is 1.84. The molecule has 1 aromatic rings. The van der Waals surface area contributed by atoms with Gasteiger partial charge in [0.15, 0.2) is 11.5 Å². The molecule has 0 spiro atoms. The minimum Gasteiger partial charge on any atom is -0.486 e.